The molecule has 1 spiro atoms. The highest BCUT2D eigenvalue weighted by Gasteiger charge is 2.47. The van der Waals surface area contributed by atoms with Crippen molar-refractivity contribution < 1.29 is 4.79 Å². The number of ketones is 1. The minimum absolute atomic E-state index is 0.116. The average Bonchev–Trinajstić information content (AvgIpc) is 2.45. The van der Waals surface area contributed by atoms with Crippen molar-refractivity contribution in [3.8, 4) is 0 Å². The molecule has 0 amide bonds. The van der Waals surface area contributed by atoms with E-state index in [4.69, 9.17) is 0 Å². The van der Waals surface area contributed by atoms with Crippen molar-refractivity contribution in [2.75, 3.05) is 0 Å². The first-order valence-corrected chi connectivity index (χ1v) is 5.07. The Balaban J connectivity index is 2.45. The normalized spacial score (nSPS) is 38.5. The van der Waals surface area contributed by atoms with Gasteiger partial charge in [0.1, 0.15) is 5.78 Å². The molecule has 2 unspecified atom stereocenters. The molecule has 2 aliphatic rings. The van der Waals surface area contributed by atoms with Gasteiger partial charge in [0, 0.05) is 6.42 Å². The summed E-state index contributed by atoms with van der Waals surface area (Å²) in [7, 11) is 0. The van der Waals surface area contributed by atoms with E-state index in [1.54, 1.807) is 0 Å². The second-order valence-corrected chi connectivity index (χ2v) is 4.27. The number of rotatable bonds is 0. The van der Waals surface area contributed by atoms with Crippen LogP contribution in [0.1, 0.15) is 33.1 Å². The minimum Gasteiger partial charge on any atom is -0.299 e. The molecule has 1 saturated carbocycles. The van der Waals surface area contributed by atoms with Gasteiger partial charge in [0.2, 0.25) is 0 Å². The fraction of sp³-hybridized carbons (Fsp3) is 0.583. The third-order valence-corrected chi connectivity index (χ3v) is 3.70. The summed E-state index contributed by atoms with van der Waals surface area (Å²) in [5.74, 6) is 0.852. The van der Waals surface area contributed by atoms with E-state index >= 15 is 0 Å². The number of hydrogen-bond acceptors (Lipinski definition) is 1. The molecule has 1 nitrogen and oxygen atoms in total. The Kier molecular flexibility index (Phi) is 1.90. The molecule has 0 aromatic rings. The molecule has 2 atom stereocenters. The monoisotopic (exact) mass is 176 g/mol. The molecular weight excluding hydrogens is 160 g/mol. The van der Waals surface area contributed by atoms with Crippen LogP contribution in [0.4, 0.5) is 0 Å². The second kappa shape index (κ2) is 2.83. The summed E-state index contributed by atoms with van der Waals surface area (Å²) < 4.78 is 0. The Morgan fingerprint density at radius 2 is 2.31 bits per heavy atom. The molecule has 1 heteroatoms. The third kappa shape index (κ3) is 1.03. The van der Waals surface area contributed by atoms with Crippen LogP contribution in [-0.2, 0) is 4.79 Å². The highest BCUT2D eigenvalue weighted by molar-refractivity contribution is 5.90. The van der Waals surface area contributed by atoms with E-state index in [0.29, 0.717) is 11.7 Å². The number of carbonyl (C=O) groups is 1. The first-order chi connectivity index (χ1) is 6.18. The maximum atomic E-state index is 11.9. The lowest BCUT2D eigenvalue weighted by molar-refractivity contribution is -0.125. The quantitative estimate of drug-likeness (QED) is 0.554. The smallest absolute Gasteiger partial charge is 0.143 e. The number of hydrogen-bond donors (Lipinski definition) is 0. The molecule has 0 radical (unpaired) electrons. The standard InChI is InChI=1S/C12H16O/c1-9-5-3-6-10(2)12(9)8-4-7-11(12)13/h3,5-6,9H,4,7-8H2,1-2H3. The summed E-state index contributed by atoms with van der Waals surface area (Å²) in [4.78, 5) is 11.9. The van der Waals surface area contributed by atoms with Gasteiger partial charge in [-0.2, -0.15) is 0 Å². The molecule has 2 rings (SSSR count). The number of carbonyl (C=O) groups excluding carboxylic acids is 1. The lowest BCUT2D eigenvalue weighted by Crippen LogP contribution is -2.34. The van der Waals surface area contributed by atoms with E-state index in [1.807, 2.05) is 0 Å². The number of allylic oxidation sites excluding steroid dienone is 4. The van der Waals surface area contributed by atoms with Crippen LogP contribution in [0.2, 0.25) is 0 Å². The van der Waals surface area contributed by atoms with Crippen LogP contribution in [0, 0.1) is 11.3 Å². The van der Waals surface area contributed by atoms with Crippen LogP contribution in [-0.4, -0.2) is 5.78 Å². The summed E-state index contributed by atoms with van der Waals surface area (Å²) in [6, 6.07) is 0. The lowest BCUT2D eigenvalue weighted by Gasteiger charge is -2.35. The molecule has 1 fully saturated rings. The molecular formula is C12H16O. The van der Waals surface area contributed by atoms with E-state index in [2.05, 4.69) is 32.1 Å². The van der Waals surface area contributed by atoms with Crippen LogP contribution in [0.15, 0.2) is 23.8 Å². The molecule has 0 heterocycles. The molecule has 0 N–H and O–H groups in total. The van der Waals surface area contributed by atoms with E-state index < -0.39 is 0 Å². The summed E-state index contributed by atoms with van der Waals surface area (Å²) in [5.41, 5.74) is 1.15. The summed E-state index contributed by atoms with van der Waals surface area (Å²) in [5, 5.41) is 0. The fourth-order valence-electron chi connectivity index (χ4n) is 2.83. The Morgan fingerprint density at radius 3 is 2.85 bits per heavy atom. The zero-order valence-electron chi connectivity index (χ0n) is 8.34. The Bertz CT molecular complexity index is 298. The maximum absolute atomic E-state index is 11.9. The minimum atomic E-state index is -0.116. The van der Waals surface area contributed by atoms with Gasteiger partial charge < -0.3 is 0 Å². The van der Waals surface area contributed by atoms with Crippen LogP contribution < -0.4 is 0 Å². The van der Waals surface area contributed by atoms with Crippen molar-refractivity contribution in [3.05, 3.63) is 23.8 Å². The average molecular weight is 176 g/mol. The molecule has 0 aromatic carbocycles. The second-order valence-electron chi connectivity index (χ2n) is 4.27. The summed E-state index contributed by atoms with van der Waals surface area (Å²) >= 11 is 0. The predicted molar refractivity (Wildman–Crippen MR) is 53.4 cm³/mol. The summed E-state index contributed by atoms with van der Waals surface area (Å²) in [6.07, 6.45) is 9.25. The van der Waals surface area contributed by atoms with Gasteiger partial charge in [-0.1, -0.05) is 30.7 Å². The molecule has 0 saturated heterocycles. The molecule has 70 valence electrons. The van der Waals surface area contributed by atoms with Crippen molar-refractivity contribution in [2.45, 2.75) is 33.1 Å². The van der Waals surface area contributed by atoms with Gasteiger partial charge >= 0.3 is 0 Å². The molecule has 0 aromatic heterocycles. The number of Topliss-reactive ketones (excluding diaryl/α,β-unsaturated/α-hetero) is 1. The highest BCUT2D eigenvalue weighted by atomic mass is 16.1. The molecule has 0 aliphatic heterocycles. The van der Waals surface area contributed by atoms with Crippen molar-refractivity contribution >= 4 is 5.78 Å². The van der Waals surface area contributed by atoms with Gasteiger partial charge in [-0.15, -0.1) is 0 Å². The Hall–Kier alpha value is -0.850. The van der Waals surface area contributed by atoms with Crippen LogP contribution in [0.25, 0.3) is 0 Å². The third-order valence-electron chi connectivity index (χ3n) is 3.70. The van der Waals surface area contributed by atoms with Gasteiger partial charge in [-0.25, -0.2) is 0 Å². The molecule has 0 bridgehead atoms. The van der Waals surface area contributed by atoms with Crippen molar-refractivity contribution in [3.63, 3.8) is 0 Å². The van der Waals surface area contributed by atoms with Crippen LogP contribution in [0.3, 0.4) is 0 Å². The molecule has 2 aliphatic carbocycles. The van der Waals surface area contributed by atoms with E-state index in [0.717, 1.165) is 19.3 Å². The zero-order valence-corrected chi connectivity index (χ0v) is 8.34. The first kappa shape index (κ1) is 8.74. The van der Waals surface area contributed by atoms with Gasteiger partial charge in [0.25, 0.3) is 0 Å². The molecule has 13 heavy (non-hydrogen) atoms. The highest BCUT2D eigenvalue weighted by Crippen LogP contribution is 2.49. The fourth-order valence-corrected chi connectivity index (χ4v) is 2.83. The lowest BCUT2D eigenvalue weighted by atomic mass is 9.67. The van der Waals surface area contributed by atoms with E-state index in [9.17, 15) is 4.79 Å². The predicted octanol–water partition coefficient (Wildman–Crippen LogP) is 2.88. The van der Waals surface area contributed by atoms with Crippen LogP contribution >= 0.6 is 0 Å². The van der Waals surface area contributed by atoms with E-state index in [1.165, 1.54) is 5.57 Å². The van der Waals surface area contributed by atoms with Crippen molar-refractivity contribution in [2.24, 2.45) is 11.3 Å². The zero-order chi connectivity index (χ0) is 9.47. The van der Waals surface area contributed by atoms with Crippen LogP contribution in [0.5, 0.6) is 0 Å². The van der Waals surface area contributed by atoms with Gasteiger partial charge in [-0.05, 0) is 25.7 Å². The topological polar surface area (TPSA) is 17.1 Å². The SMILES string of the molecule is CC1=CC=CC(C)C12CCCC2=O. The van der Waals surface area contributed by atoms with Gasteiger partial charge in [0.15, 0.2) is 0 Å². The Labute approximate surface area is 79.5 Å². The first-order valence-electron chi connectivity index (χ1n) is 5.07. The van der Waals surface area contributed by atoms with Gasteiger partial charge in [0.05, 0.1) is 5.41 Å². The van der Waals surface area contributed by atoms with Crippen molar-refractivity contribution in [1.82, 2.24) is 0 Å². The van der Waals surface area contributed by atoms with Crippen molar-refractivity contribution in [1.29, 1.82) is 0 Å². The summed E-state index contributed by atoms with van der Waals surface area (Å²) in [6.45, 7) is 4.26. The maximum Gasteiger partial charge on any atom is 0.143 e. The van der Waals surface area contributed by atoms with E-state index in [-0.39, 0.29) is 5.41 Å². The van der Waals surface area contributed by atoms with Gasteiger partial charge in [-0.3, -0.25) is 4.79 Å². The largest absolute Gasteiger partial charge is 0.299 e. The Morgan fingerprint density at radius 1 is 1.54 bits per heavy atom.